The van der Waals surface area contributed by atoms with E-state index in [4.69, 9.17) is 0 Å². The van der Waals surface area contributed by atoms with Crippen molar-refractivity contribution in [3.05, 3.63) is 107 Å². The van der Waals surface area contributed by atoms with Crippen molar-refractivity contribution in [1.82, 2.24) is 9.88 Å². The lowest BCUT2D eigenvalue weighted by Crippen LogP contribution is -2.40. The van der Waals surface area contributed by atoms with Gasteiger partial charge in [0.05, 0.1) is 6.04 Å². The number of hydrogen-bond acceptors (Lipinski definition) is 1. The Morgan fingerprint density at radius 1 is 1.03 bits per heavy atom. The summed E-state index contributed by atoms with van der Waals surface area (Å²) in [6.07, 6.45) is 0.767. The number of nitrogens with zero attached hydrogens (tertiary/aromatic N) is 1. The van der Waals surface area contributed by atoms with Gasteiger partial charge >= 0.3 is 0 Å². The molecule has 4 aromatic rings. The number of para-hydroxylation sites is 1. The average Bonchev–Trinajstić information content (AvgIpc) is 3.12. The number of hydrogen-bond donors (Lipinski definition) is 1. The van der Waals surface area contributed by atoms with Crippen molar-refractivity contribution in [3.63, 3.8) is 0 Å². The number of benzene rings is 3. The number of H-pyrrole nitrogens is 1. The summed E-state index contributed by atoms with van der Waals surface area (Å²) in [5.41, 5.74) is 5.98. The molecule has 3 aromatic carbocycles. The maximum atomic E-state index is 13.8. The SMILES string of the molecule is Cc1ccc([C@H]2c3[nH]c4ccccc4c3CCN2C(=O)c2cccc(F)c2)cc1. The van der Waals surface area contributed by atoms with E-state index < -0.39 is 5.82 Å². The molecule has 0 spiro atoms. The number of aromatic nitrogens is 1. The molecule has 0 unspecified atom stereocenters. The smallest absolute Gasteiger partial charge is 0.254 e. The van der Waals surface area contributed by atoms with Crippen LogP contribution in [0.15, 0.2) is 72.8 Å². The first-order chi connectivity index (χ1) is 14.1. The molecule has 1 aliphatic rings. The molecule has 0 fully saturated rings. The summed E-state index contributed by atoms with van der Waals surface area (Å²) in [6.45, 7) is 2.64. The molecule has 1 aliphatic heterocycles. The van der Waals surface area contributed by atoms with Gasteiger partial charge in [0, 0.05) is 28.7 Å². The average molecular weight is 384 g/mol. The molecule has 0 saturated heterocycles. The van der Waals surface area contributed by atoms with Crippen LogP contribution in [-0.4, -0.2) is 22.3 Å². The highest BCUT2D eigenvalue weighted by molar-refractivity contribution is 5.95. The van der Waals surface area contributed by atoms with Gasteiger partial charge < -0.3 is 9.88 Å². The Bertz CT molecular complexity index is 1210. The van der Waals surface area contributed by atoms with E-state index in [1.807, 2.05) is 17.0 Å². The highest BCUT2D eigenvalue weighted by Crippen LogP contribution is 2.39. The minimum absolute atomic E-state index is 0.153. The molecule has 2 heterocycles. The summed E-state index contributed by atoms with van der Waals surface area (Å²) in [7, 11) is 0. The normalized spacial score (nSPS) is 16.1. The van der Waals surface area contributed by atoms with Crippen molar-refractivity contribution in [2.24, 2.45) is 0 Å². The number of halogens is 1. The first-order valence-electron chi connectivity index (χ1n) is 9.84. The second kappa shape index (κ2) is 6.89. The molecule has 1 atom stereocenters. The van der Waals surface area contributed by atoms with Crippen LogP contribution in [-0.2, 0) is 6.42 Å². The molecule has 5 rings (SSSR count). The van der Waals surface area contributed by atoms with Crippen LogP contribution in [0.5, 0.6) is 0 Å². The van der Waals surface area contributed by atoms with Crippen molar-refractivity contribution < 1.29 is 9.18 Å². The number of carbonyl (C=O) groups is 1. The van der Waals surface area contributed by atoms with Crippen molar-refractivity contribution in [3.8, 4) is 0 Å². The van der Waals surface area contributed by atoms with Crippen LogP contribution in [0.4, 0.5) is 4.39 Å². The maximum absolute atomic E-state index is 13.8. The Morgan fingerprint density at radius 2 is 1.83 bits per heavy atom. The van der Waals surface area contributed by atoms with Gasteiger partial charge in [-0.2, -0.15) is 0 Å². The van der Waals surface area contributed by atoms with Crippen LogP contribution in [0.3, 0.4) is 0 Å². The molecule has 1 amide bonds. The zero-order valence-corrected chi connectivity index (χ0v) is 16.2. The third kappa shape index (κ3) is 3.01. The van der Waals surface area contributed by atoms with Gasteiger partial charge in [0.1, 0.15) is 5.82 Å². The molecule has 0 saturated carbocycles. The fourth-order valence-corrected chi connectivity index (χ4v) is 4.34. The summed E-state index contributed by atoms with van der Waals surface area (Å²) < 4.78 is 13.8. The Morgan fingerprint density at radius 3 is 2.62 bits per heavy atom. The summed E-state index contributed by atoms with van der Waals surface area (Å²) >= 11 is 0. The van der Waals surface area contributed by atoms with Crippen LogP contribution >= 0.6 is 0 Å². The number of rotatable bonds is 2. The molecule has 0 aliphatic carbocycles. The van der Waals surface area contributed by atoms with Crippen LogP contribution in [0.1, 0.15) is 38.8 Å². The molecular weight excluding hydrogens is 363 g/mol. The number of amides is 1. The minimum atomic E-state index is -0.397. The van der Waals surface area contributed by atoms with E-state index in [-0.39, 0.29) is 11.9 Å². The highest BCUT2D eigenvalue weighted by atomic mass is 19.1. The van der Waals surface area contributed by atoms with E-state index in [9.17, 15) is 9.18 Å². The predicted molar refractivity (Wildman–Crippen MR) is 112 cm³/mol. The number of nitrogens with one attached hydrogen (secondary N) is 1. The molecule has 144 valence electrons. The number of carbonyl (C=O) groups excluding carboxylic acids is 1. The lowest BCUT2D eigenvalue weighted by Gasteiger charge is -2.36. The van der Waals surface area contributed by atoms with E-state index in [1.165, 1.54) is 28.6 Å². The Labute approximate surface area is 168 Å². The van der Waals surface area contributed by atoms with Gasteiger partial charge in [0.2, 0.25) is 0 Å². The highest BCUT2D eigenvalue weighted by Gasteiger charge is 2.34. The second-order valence-corrected chi connectivity index (χ2v) is 7.63. The summed E-state index contributed by atoms with van der Waals surface area (Å²) in [6, 6.07) is 22.2. The standard InChI is InChI=1S/C25H21FN2O/c1-16-9-11-17(12-10-16)24-23-21(20-7-2-3-8-22(20)27-23)13-14-28(24)25(29)18-5-4-6-19(26)15-18/h2-12,15,24,27H,13-14H2,1H3/t24-/m0/s1. The topological polar surface area (TPSA) is 36.1 Å². The van der Waals surface area contributed by atoms with Crippen LogP contribution < -0.4 is 0 Å². The van der Waals surface area contributed by atoms with E-state index in [1.54, 1.807) is 12.1 Å². The number of aromatic amines is 1. The number of fused-ring (bicyclic) bond motifs is 3. The summed E-state index contributed by atoms with van der Waals surface area (Å²) in [5.74, 6) is -0.551. The van der Waals surface area contributed by atoms with E-state index >= 15 is 0 Å². The molecule has 3 nitrogen and oxygen atoms in total. The fraction of sp³-hybridized carbons (Fsp3) is 0.160. The maximum Gasteiger partial charge on any atom is 0.254 e. The molecule has 1 N–H and O–H groups in total. The van der Waals surface area contributed by atoms with E-state index in [2.05, 4.69) is 48.3 Å². The minimum Gasteiger partial charge on any atom is -0.356 e. The quantitative estimate of drug-likeness (QED) is 0.493. The monoisotopic (exact) mass is 384 g/mol. The van der Waals surface area contributed by atoms with Crippen LogP contribution in [0, 0.1) is 12.7 Å². The fourth-order valence-electron chi connectivity index (χ4n) is 4.34. The molecule has 0 radical (unpaired) electrons. The third-order valence-corrected chi connectivity index (χ3v) is 5.76. The molecule has 4 heteroatoms. The van der Waals surface area contributed by atoms with Crippen molar-refractivity contribution >= 4 is 16.8 Å². The largest absolute Gasteiger partial charge is 0.356 e. The van der Waals surface area contributed by atoms with Gasteiger partial charge in [0.25, 0.3) is 5.91 Å². The Kier molecular flexibility index (Phi) is 4.20. The van der Waals surface area contributed by atoms with Gasteiger partial charge in [-0.15, -0.1) is 0 Å². The summed E-state index contributed by atoms with van der Waals surface area (Å²) in [5, 5.41) is 1.21. The predicted octanol–water partition coefficient (Wildman–Crippen LogP) is 5.40. The van der Waals surface area contributed by atoms with Crippen LogP contribution in [0.25, 0.3) is 10.9 Å². The van der Waals surface area contributed by atoms with E-state index in [0.29, 0.717) is 12.1 Å². The van der Waals surface area contributed by atoms with Gasteiger partial charge in [-0.1, -0.05) is 54.1 Å². The zero-order valence-electron chi connectivity index (χ0n) is 16.2. The van der Waals surface area contributed by atoms with Crippen LogP contribution in [0.2, 0.25) is 0 Å². The molecule has 0 bridgehead atoms. The van der Waals surface area contributed by atoms with Gasteiger partial charge in [-0.05, 0) is 48.7 Å². The van der Waals surface area contributed by atoms with Crippen molar-refractivity contribution in [2.45, 2.75) is 19.4 Å². The van der Waals surface area contributed by atoms with Crippen molar-refractivity contribution in [1.29, 1.82) is 0 Å². The second-order valence-electron chi connectivity index (χ2n) is 7.63. The lowest BCUT2D eigenvalue weighted by atomic mass is 9.91. The van der Waals surface area contributed by atoms with Crippen molar-refractivity contribution in [2.75, 3.05) is 6.54 Å². The Balaban J connectivity index is 1.66. The van der Waals surface area contributed by atoms with Gasteiger partial charge in [-0.3, -0.25) is 4.79 Å². The first-order valence-corrected chi connectivity index (χ1v) is 9.84. The lowest BCUT2D eigenvalue weighted by molar-refractivity contribution is 0.0691. The third-order valence-electron chi connectivity index (χ3n) is 5.76. The van der Waals surface area contributed by atoms with Gasteiger partial charge in [0.15, 0.2) is 0 Å². The first kappa shape index (κ1) is 17.7. The van der Waals surface area contributed by atoms with Gasteiger partial charge in [-0.25, -0.2) is 4.39 Å². The molecule has 29 heavy (non-hydrogen) atoms. The summed E-state index contributed by atoms with van der Waals surface area (Å²) in [4.78, 5) is 18.8. The Hall–Kier alpha value is -3.40. The number of aryl methyl sites for hydroxylation is 1. The zero-order chi connectivity index (χ0) is 20.0. The van der Waals surface area contributed by atoms with E-state index in [0.717, 1.165) is 23.2 Å². The molecule has 1 aromatic heterocycles. The molecular formula is C25H21FN2O.